The second kappa shape index (κ2) is 8.99. The van der Waals surface area contributed by atoms with Gasteiger partial charge in [0.25, 0.3) is 0 Å². The van der Waals surface area contributed by atoms with Crippen molar-refractivity contribution < 1.29 is 18.8 Å². The molecule has 136 valence electrons. The largest absolute Gasteiger partial charge is 0.733 e. The summed E-state index contributed by atoms with van der Waals surface area (Å²) in [6.07, 6.45) is 0. The first-order chi connectivity index (χ1) is 12.0. The van der Waals surface area contributed by atoms with Crippen molar-refractivity contribution in [1.29, 1.82) is 0 Å². The van der Waals surface area contributed by atoms with Crippen molar-refractivity contribution in [2.75, 3.05) is 23.8 Å². The lowest BCUT2D eigenvalue weighted by Gasteiger charge is -2.29. The monoisotopic (exact) mass is 365 g/mol. The molecule has 0 aliphatic carbocycles. The molecule has 0 aliphatic rings. The normalized spacial score (nSPS) is 12.6. The first-order valence-corrected chi connectivity index (χ1v) is 9.57. The zero-order chi connectivity index (χ0) is 18.3. The van der Waals surface area contributed by atoms with Gasteiger partial charge in [0.2, 0.25) is 0 Å². The van der Waals surface area contributed by atoms with E-state index in [-0.39, 0.29) is 24.1 Å². The average Bonchev–Trinajstić information content (AvgIpc) is 2.61. The Hall–Kier alpha value is -1.89. The summed E-state index contributed by atoms with van der Waals surface area (Å²) in [5.41, 5.74) is 1.28. The van der Waals surface area contributed by atoms with E-state index in [1.165, 1.54) is 12.1 Å². The van der Waals surface area contributed by atoms with Crippen LogP contribution in [0.5, 0.6) is 0 Å². The minimum absolute atomic E-state index is 0.0551. The molecule has 0 bridgehead atoms. The van der Waals surface area contributed by atoms with Crippen LogP contribution >= 0.6 is 7.60 Å². The summed E-state index contributed by atoms with van der Waals surface area (Å²) in [7, 11) is -3.52. The van der Waals surface area contributed by atoms with E-state index < -0.39 is 13.4 Å². The Balaban J connectivity index is 2.41. The third-order valence-corrected chi connectivity index (χ3v) is 5.72. The number of benzene rings is 2. The topological polar surface area (TPSA) is 94.1 Å². The minimum Gasteiger partial charge on any atom is -0.733 e. The molecule has 0 heterocycles. The molecule has 8 heteroatoms. The summed E-state index contributed by atoms with van der Waals surface area (Å²) >= 11 is 0. The molecule has 7 nitrogen and oxygen atoms in total. The number of hydrogen-bond donors (Lipinski definition) is 2. The van der Waals surface area contributed by atoms with Crippen LogP contribution in [0.1, 0.15) is 25.2 Å². The van der Waals surface area contributed by atoms with E-state index in [0.29, 0.717) is 5.69 Å². The number of hydrogen-bond acceptors (Lipinski definition) is 7. The SMILES string of the molecule is CCOP(=O)(OCC)C(Nc1cccc(N([O-])O)c1)c1ccccc1. The lowest BCUT2D eigenvalue weighted by Crippen LogP contribution is -2.15. The van der Waals surface area contributed by atoms with Gasteiger partial charge in [-0.1, -0.05) is 36.4 Å². The molecule has 0 amide bonds. The van der Waals surface area contributed by atoms with Gasteiger partial charge in [-0.25, -0.2) is 0 Å². The molecule has 0 radical (unpaired) electrons. The Labute approximate surface area is 147 Å². The van der Waals surface area contributed by atoms with Crippen molar-refractivity contribution in [3.05, 3.63) is 65.4 Å². The summed E-state index contributed by atoms with van der Waals surface area (Å²) in [4.78, 5) is 0. The summed E-state index contributed by atoms with van der Waals surface area (Å²) in [6.45, 7) is 3.95. The van der Waals surface area contributed by atoms with Gasteiger partial charge in [-0.3, -0.25) is 9.77 Å². The summed E-state index contributed by atoms with van der Waals surface area (Å²) in [5.74, 6) is -0.761. The highest BCUT2D eigenvalue weighted by Gasteiger charge is 2.37. The van der Waals surface area contributed by atoms with Crippen molar-refractivity contribution >= 4 is 19.0 Å². The van der Waals surface area contributed by atoms with Gasteiger partial charge >= 0.3 is 7.60 Å². The highest BCUT2D eigenvalue weighted by Crippen LogP contribution is 2.60. The van der Waals surface area contributed by atoms with Crippen molar-refractivity contribution in [1.82, 2.24) is 0 Å². The van der Waals surface area contributed by atoms with Crippen LogP contribution < -0.4 is 10.5 Å². The summed E-state index contributed by atoms with van der Waals surface area (Å²) in [6, 6.07) is 15.4. The molecular formula is C17H22N2O5P-. The molecule has 0 spiro atoms. The molecule has 0 saturated heterocycles. The van der Waals surface area contributed by atoms with Gasteiger partial charge in [0.05, 0.1) is 18.9 Å². The Morgan fingerprint density at radius 3 is 2.32 bits per heavy atom. The van der Waals surface area contributed by atoms with Crippen molar-refractivity contribution in [3.8, 4) is 0 Å². The molecular weight excluding hydrogens is 343 g/mol. The van der Waals surface area contributed by atoms with Crippen LogP contribution in [-0.4, -0.2) is 18.4 Å². The van der Waals surface area contributed by atoms with Gasteiger partial charge in [0.15, 0.2) is 5.78 Å². The number of anilines is 2. The third-order valence-electron chi connectivity index (χ3n) is 3.42. The van der Waals surface area contributed by atoms with E-state index in [4.69, 9.17) is 14.3 Å². The highest BCUT2D eigenvalue weighted by molar-refractivity contribution is 7.54. The van der Waals surface area contributed by atoms with E-state index >= 15 is 0 Å². The second-order valence-corrected chi connectivity index (χ2v) is 7.27. The van der Waals surface area contributed by atoms with Crippen LogP contribution in [-0.2, 0) is 13.6 Å². The Bertz CT molecular complexity index is 701. The minimum atomic E-state index is -3.52. The molecule has 25 heavy (non-hydrogen) atoms. The first-order valence-electron chi connectivity index (χ1n) is 7.96. The van der Waals surface area contributed by atoms with Crippen molar-refractivity contribution in [2.24, 2.45) is 0 Å². The maximum Gasteiger partial charge on any atom is 0.357 e. The average molecular weight is 365 g/mol. The fraction of sp³-hybridized carbons (Fsp3) is 0.294. The maximum absolute atomic E-state index is 13.3. The van der Waals surface area contributed by atoms with Crippen LogP contribution in [0.25, 0.3) is 0 Å². The van der Waals surface area contributed by atoms with E-state index in [1.54, 1.807) is 26.0 Å². The van der Waals surface area contributed by atoms with Gasteiger partial charge in [-0.2, -0.15) is 0 Å². The molecule has 0 aliphatic heterocycles. The Kier molecular flexibility index (Phi) is 6.99. The quantitative estimate of drug-likeness (QED) is 0.489. The molecule has 1 atom stereocenters. The molecule has 2 aromatic carbocycles. The lowest BCUT2D eigenvalue weighted by atomic mass is 10.2. The Morgan fingerprint density at radius 2 is 1.76 bits per heavy atom. The van der Waals surface area contributed by atoms with Crippen LogP contribution in [0.3, 0.4) is 0 Å². The van der Waals surface area contributed by atoms with E-state index in [9.17, 15) is 9.77 Å². The fourth-order valence-electron chi connectivity index (χ4n) is 2.40. The molecule has 2 aromatic rings. The maximum atomic E-state index is 13.3. The summed E-state index contributed by atoms with van der Waals surface area (Å²) in [5, 5.41) is 23.1. The predicted molar refractivity (Wildman–Crippen MR) is 97.7 cm³/mol. The molecule has 2 N–H and O–H groups in total. The predicted octanol–water partition coefficient (Wildman–Crippen LogP) is 4.76. The molecule has 0 fully saturated rings. The van der Waals surface area contributed by atoms with Gasteiger partial charge in [0.1, 0.15) is 0 Å². The lowest BCUT2D eigenvalue weighted by molar-refractivity contribution is 0.214. The molecule has 1 unspecified atom stereocenters. The molecule has 0 saturated carbocycles. The van der Waals surface area contributed by atoms with E-state index in [0.717, 1.165) is 5.56 Å². The molecule has 2 rings (SSSR count). The summed E-state index contributed by atoms with van der Waals surface area (Å²) < 4.78 is 24.3. The molecule has 0 aromatic heterocycles. The van der Waals surface area contributed by atoms with Gasteiger partial charge in [-0.15, -0.1) is 0 Å². The Morgan fingerprint density at radius 1 is 1.12 bits per heavy atom. The standard InChI is InChI=1S/C17H22N2O5P/c1-3-23-25(22,24-4-2)17(14-9-6-5-7-10-14)18-15-11-8-12-16(13-15)19(20)21/h5-13,17-18,20H,3-4H2,1-2H3/q-1. The zero-order valence-corrected chi connectivity index (χ0v) is 15.1. The van der Waals surface area contributed by atoms with E-state index in [1.807, 2.05) is 30.3 Å². The number of rotatable bonds is 9. The van der Waals surface area contributed by atoms with Crippen LogP contribution in [0.2, 0.25) is 0 Å². The first kappa shape index (κ1) is 19.4. The van der Waals surface area contributed by atoms with Crippen molar-refractivity contribution in [2.45, 2.75) is 19.6 Å². The van der Waals surface area contributed by atoms with Gasteiger partial charge in [-0.05, 0) is 37.6 Å². The van der Waals surface area contributed by atoms with E-state index in [2.05, 4.69) is 5.32 Å². The smallest absolute Gasteiger partial charge is 0.357 e. The zero-order valence-electron chi connectivity index (χ0n) is 14.2. The fourth-order valence-corrected chi connectivity index (χ4v) is 4.34. The van der Waals surface area contributed by atoms with Gasteiger partial charge < -0.3 is 24.8 Å². The van der Waals surface area contributed by atoms with Crippen LogP contribution in [0, 0.1) is 5.21 Å². The number of nitrogens with one attached hydrogen (secondary N) is 1. The van der Waals surface area contributed by atoms with Gasteiger partial charge in [0, 0.05) is 5.69 Å². The second-order valence-electron chi connectivity index (χ2n) is 5.16. The van der Waals surface area contributed by atoms with Crippen LogP contribution in [0.4, 0.5) is 11.4 Å². The third kappa shape index (κ3) is 5.04. The van der Waals surface area contributed by atoms with Crippen LogP contribution in [0.15, 0.2) is 54.6 Å². The van der Waals surface area contributed by atoms with Crippen molar-refractivity contribution in [3.63, 3.8) is 0 Å². The number of nitrogens with zero attached hydrogens (tertiary/aromatic N) is 1. The highest BCUT2D eigenvalue weighted by atomic mass is 31.2.